The summed E-state index contributed by atoms with van der Waals surface area (Å²) >= 11 is 0. The van der Waals surface area contributed by atoms with Crippen molar-refractivity contribution >= 4 is 16.6 Å². The Morgan fingerprint density at radius 2 is 1.88 bits per heavy atom. The highest BCUT2D eigenvalue weighted by Gasteiger charge is 2.27. The van der Waals surface area contributed by atoms with Gasteiger partial charge >= 0.3 is 0 Å². The maximum Gasteiger partial charge on any atom is 0.161 e. The number of hydrogen-bond donors (Lipinski definition) is 1. The molecule has 1 saturated heterocycles. The molecule has 1 aromatic heterocycles. The van der Waals surface area contributed by atoms with Crippen molar-refractivity contribution in [2.75, 3.05) is 58.9 Å². The average Bonchev–Trinajstić information content (AvgIpc) is 3.18. The fourth-order valence-corrected chi connectivity index (χ4v) is 4.69. The summed E-state index contributed by atoms with van der Waals surface area (Å²) in [5.74, 6) is 1.13. The van der Waals surface area contributed by atoms with Gasteiger partial charge in [0.05, 0.1) is 38.6 Å². The lowest BCUT2D eigenvalue weighted by molar-refractivity contribution is 0.0378. The monoisotopic (exact) mass is 437 g/mol. The minimum Gasteiger partial charge on any atom is -0.493 e. The molecule has 2 aliphatic rings. The molecule has 0 bridgehead atoms. The molecular weight excluding hydrogens is 409 g/mol. The molecule has 2 heterocycles. The number of halogens is 1. The molecule has 1 aliphatic heterocycles. The smallest absolute Gasteiger partial charge is 0.161 e. The Bertz CT molecular complexity index is 1150. The van der Waals surface area contributed by atoms with Crippen molar-refractivity contribution in [1.82, 2.24) is 9.88 Å². The first-order chi connectivity index (χ1) is 15.7. The number of benzene rings is 2. The van der Waals surface area contributed by atoms with Gasteiger partial charge in [0, 0.05) is 48.3 Å². The number of rotatable bonds is 7. The van der Waals surface area contributed by atoms with Crippen LogP contribution in [-0.2, 0) is 11.2 Å². The fourth-order valence-electron chi connectivity index (χ4n) is 4.69. The van der Waals surface area contributed by atoms with Crippen LogP contribution in [-0.4, -0.2) is 63.5 Å². The van der Waals surface area contributed by atoms with Crippen LogP contribution in [0.4, 0.5) is 10.1 Å². The van der Waals surface area contributed by atoms with Gasteiger partial charge in [0.2, 0.25) is 0 Å². The first kappa shape index (κ1) is 21.0. The van der Waals surface area contributed by atoms with Crippen molar-refractivity contribution in [2.45, 2.75) is 12.8 Å². The van der Waals surface area contributed by atoms with Gasteiger partial charge in [-0.25, -0.2) is 9.37 Å². The van der Waals surface area contributed by atoms with E-state index in [1.54, 1.807) is 26.4 Å². The molecule has 32 heavy (non-hydrogen) atoms. The topological polar surface area (TPSA) is 55.9 Å². The van der Waals surface area contributed by atoms with Crippen molar-refractivity contribution in [2.24, 2.45) is 0 Å². The minimum absolute atomic E-state index is 0.255. The van der Waals surface area contributed by atoms with Crippen molar-refractivity contribution in [1.29, 1.82) is 0 Å². The van der Waals surface area contributed by atoms with E-state index in [-0.39, 0.29) is 5.82 Å². The zero-order valence-corrected chi connectivity index (χ0v) is 18.5. The maximum absolute atomic E-state index is 14.2. The van der Waals surface area contributed by atoms with Crippen LogP contribution in [0.1, 0.15) is 17.5 Å². The van der Waals surface area contributed by atoms with Gasteiger partial charge in [0.25, 0.3) is 0 Å². The standard InChI is InChI=1S/C25H28FN3O3/c1-30-22-13-16-12-20-24(27-6-3-7-29-8-10-32-11-9-29)19-14-17(26)4-5-21(19)28-25(20)18(16)15-23(22)31-2/h4-5,13-15H,3,6-12H2,1-2H3,(H,27,28). The van der Waals surface area contributed by atoms with E-state index in [0.29, 0.717) is 11.5 Å². The molecule has 1 fully saturated rings. The molecule has 0 spiro atoms. The van der Waals surface area contributed by atoms with E-state index in [9.17, 15) is 4.39 Å². The van der Waals surface area contributed by atoms with Gasteiger partial charge in [-0.05, 0) is 48.9 Å². The molecule has 0 radical (unpaired) electrons. The van der Waals surface area contributed by atoms with Gasteiger partial charge in [0.15, 0.2) is 11.5 Å². The van der Waals surface area contributed by atoms with Crippen molar-refractivity contribution in [3.05, 3.63) is 47.3 Å². The Morgan fingerprint density at radius 3 is 2.66 bits per heavy atom. The van der Waals surface area contributed by atoms with E-state index in [4.69, 9.17) is 19.2 Å². The van der Waals surface area contributed by atoms with Crippen molar-refractivity contribution in [3.8, 4) is 22.8 Å². The van der Waals surface area contributed by atoms with Crippen molar-refractivity contribution in [3.63, 3.8) is 0 Å². The number of fused-ring (bicyclic) bond motifs is 4. The Labute approximate surface area is 187 Å². The van der Waals surface area contributed by atoms with Crippen LogP contribution < -0.4 is 14.8 Å². The van der Waals surface area contributed by atoms with Gasteiger partial charge in [-0.2, -0.15) is 0 Å². The number of nitrogens with one attached hydrogen (secondary N) is 1. The molecule has 2 aromatic carbocycles. The zero-order valence-electron chi connectivity index (χ0n) is 18.5. The lowest BCUT2D eigenvalue weighted by atomic mass is 10.1. The molecule has 0 amide bonds. The van der Waals surface area contributed by atoms with Crippen LogP contribution in [0.15, 0.2) is 30.3 Å². The molecule has 168 valence electrons. The third-order valence-electron chi connectivity index (χ3n) is 6.34. The Morgan fingerprint density at radius 1 is 1.09 bits per heavy atom. The van der Waals surface area contributed by atoms with Crippen LogP contribution in [0.2, 0.25) is 0 Å². The second kappa shape index (κ2) is 8.92. The van der Waals surface area contributed by atoms with E-state index in [1.807, 2.05) is 12.1 Å². The highest BCUT2D eigenvalue weighted by molar-refractivity contribution is 5.98. The van der Waals surface area contributed by atoms with Crippen LogP contribution in [0.5, 0.6) is 11.5 Å². The highest BCUT2D eigenvalue weighted by Crippen LogP contribution is 2.46. The second-order valence-corrected chi connectivity index (χ2v) is 8.25. The highest BCUT2D eigenvalue weighted by atomic mass is 19.1. The number of aromatic nitrogens is 1. The summed E-state index contributed by atoms with van der Waals surface area (Å²) in [5, 5.41) is 4.44. The summed E-state index contributed by atoms with van der Waals surface area (Å²) in [6.45, 7) is 5.41. The average molecular weight is 438 g/mol. The molecule has 0 saturated carbocycles. The summed E-state index contributed by atoms with van der Waals surface area (Å²) in [5.41, 5.74) is 5.96. The molecule has 5 rings (SSSR count). The van der Waals surface area contributed by atoms with E-state index >= 15 is 0 Å². The minimum atomic E-state index is -0.255. The number of anilines is 1. The summed E-state index contributed by atoms with van der Waals surface area (Å²) in [4.78, 5) is 7.33. The fraction of sp³-hybridized carbons (Fsp3) is 0.400. The number of ether oxygens (including phenoxy) is 3. The number of nitrogens with zero attached hydrogens (tertiary/aromatic N) is 2. The summed E-state index contributed by atoms with van der Waals surface area (Å²) in [7, 11) is 3.28. The number of hydrogen-bond acceptors (Lipinski definition) is 6. The number of methoxy groups -OCH3 is 2. The van der Waals surface area contributed by atoms with Gasteiger partial charge in [-0.15, -0.1) is 0 Å². The molecule has 0 atom stereocenters. The van der Waals surface area contributed by atoms with Crippen LogP contribution in [0.25, 0.3) is 22.2 Å². The van der Waals surface area contributed by atoms with Gasteiger partial charge in [-0.1, -0.05) is 0 Å². The summed E-state index contributed by atoms with van der Waals surface area (Å²) in [6.07, 6.45) is 1.72. The third kappa shape index (κ3) is 3.87. The van der Waals surface area contributed by atoms with E-state index in [0.717, 1.165) is 91.2 Å². The van der Waals surface area contributed by atoms with E-state index in [1.165, 1.54) is 6.07 Å². The third-order valence-corrected chi connectivity index (χ3v) is 6.34. The van der Waals surface area contributed by atoms with E-state index in [2.05, 4.69) is 10.2 Å². The summed E-state index contributed by atoms with van der Waals surface area (Å²) in [6, 6.07) is 8.81. The van der Waals surface area contributed by atoms with Crippen LogP contribution in [0, 0.1) is 5.82 Å². The van der Waals surface area contributed by atoms with Crippen molar-refractivity contribution < 1.29 is 18.6 Å². The molecule has 7 heteroatoms. The SMILES string of the molecule is COc1cc2c(cc1OC)-c1nc3ccc(F)cc3c(NCCCN3CCOCC3)c1C2. The molecular formula is C25H28FN3O3. The largest absolute Gasteiger partial charge is 0.493 e. The first-order valence-electron chi connectivity index (χ1n) is 11.1. The lowest BCUT2D eigenvalue weighted by Gasteiger charge is -2.26. The summed E-state index contributed by atoms with van der Waals surface area (Å²) < 4.78 is 30.6. The Balaban J connectivity index is 1.48. The van der Waals surface area contributed by atoms with Gasteiger partial charge < -0.3 is 19.5 Å². The molecule has 6 nitrogen and oxygen atoms in total. The van der Waals surface area contributed by atoms with Crippen LogP contribution in [0.3, 0.4) is 0 Å². The Hall–Kier alpha value is -2.90. The quantitative estimate of drug-likeness (QED) is 0.440. The maximum atomic E-state index is 14.2. The van der Waals surface area contributed by atoms with Gasteiger partial charge in [-0.3, -0.25) is 4.90 Å². The molecule has 3 aromatic rings. The Kier molecular flexibility index (Phi) is 5.85. The second-order valence-electron chi connectivity index (χ2n) is 8.25. The predicted molar refractivity (Wildman–Crippen MR) is 123 cm³/mol. The van der Waals surface area contributed by atoms with Gasteiger partial charge in [0.1, 0.15) is 5.82 Å². The molecule has 0 unspecified atom stereocenters. The first-order valence-corrected chi connectivity index (χ1v) is 11.1. The zero-order chi connectivity index (χ0) is 22.1. The van der Waals surface area contributed by atoms with E-state index < -0.39 is 0 Å². The molecule has 1 N–H and O–H groups in total. The molecule has 1 aliphatic carbocycles. The normalized spacial score (nSPS) is 15.5. The van der Waals surface area contributed by atoms with Crippen LogP contribution >= 0.6 is 0 Å². The predicted octanol–water partition coefficient (Wildman–Crippen LogP) is 4.10. The lowest BCUT2D eigenvalue weighted by Crippen LogP contribution is -2.37. The number of morpholine rings is 1. The number of pyridine rings is 1.